The fraction of sp³-hybridized carbons (Fsp3) is 1.00. The molecule has 2 aliphatic heterocycles. The quantitative estimate of drug-likeness (QED) is 0.514. The van der Waals surface area contributed by atoms with Gasteiger partial charge < -0.3 is 20.5 Å². The van der Waals surface area contributed by atoms with Gasteiger partial charge >= 0.3 is 0 Å². The highest BCUT2D eigenvalue weighted by Crippen LogP contribution is 2.25. The van der Waals surface area contributed by atoms with Gasteiger partial charge in [0.05, 0.1) is 13.2 Å². The Kier molecular flexibility index (Phi) is 2.32. The summed E-state index contributed by atoms with van der Waals surface area (Å²) in [5, 5.41) is 3.22. The molecule has 0 aromatic rings. The molecular weight excluding hydrogens is 156 g/mol. The van der Waals surface area contributed by atoms with Crippen LogP contribution >= 0.6 is 0 Å². The summed E-state index contributed by atoms with van der Waals surface area (Å²) >= 11 is 0. The lowest BCUT2D eigenvalue weighted by Crippen LogP contribution is -2.58. The molecule has 1 spiro atoms. The number of nitrogens with one attached hydrogen (secondary N) is 1. The van der Waals surface area contributed by atoms with Crippen LogP contribution < -0.4 is 11.1 Å². The highest BCUT2D eigenvalue weighted by molar-refractivity contribution is 4.87. The van der Waals surface area contributed by atoms with Crippen molar-refractivity contribution in [3.05, 3.63) is 0 Å². The first-order valence-electron chi connectivity index (χ1n) is 4.55. The maximum absolute atomic E-state index is 5.82. The molecule has 2 aliphatic rings. The molecule has 1 atom stereocenters. The molecule has 2 saturated heterocycles. The maximum Gasteiger partial charge on any atom is 0.182 e. The van der Waals surface area contributed by atoms with Gasteiger partial charge in [0.15, 0.2) is 5.79 Å². The molecule has 4 nitrogen and oxygen atoms in total. The van der Waals surface area contributed by atoms with Crippen molar-refractivity contribution < 1.29 is 9.47 Å². The summed E-state index contributed by atoms with van der Waals surface area (Å²) in [5.74, 6) is -0.407. The molecule has 0 bridgehead atoms. The zero-order valence-corrected chi connectivity index (χ0v) is 7.21. The van der Waals surface area contributed by atoms with Crippen LogP contribution in [-0.4, -0.2) is 38.1 Å². The van der Waals surface area contributed by atoms with Gasteiger partial charge in [-0.1, -0.05) is 0 Å². The van der Waals surface area contributed by atoms with Crippen molar-refractivity contribution >= 4 is 0 Å². The van der Waals surface area contributed by atoms with Crippen molar-refractivity contribution in [2.24, 2.45) is 5.73 Å². The molecule has 0 amide bonds. The van der Waals surface area contributed by atoms with E-state index in [0.29, 0.717) is 0 Å². The van der Waals surface area contributed by atoms with Crippen LogP contribution in [0.25, 0.3) is 0 Å². The van der Waals surface area contributed by atoms with Gasteiger partial charge in [-0.15, -0.1) is 0 Å². The van der Waals surface area contributed by atoms with Crippen molar-refractivity contribution in [3.8, 4) is 0 Å². The van der Waals surface area contributed by atoms with Crippen molar-refractivity contribution in [2.45, 2.75) is 24.7 Å². The minimum atomic E-state index is -0.407. The Morgan fingerprint density at radius 2 is 2.08 bits per heavy atom. The monoisotopic (exact) mass is 172 g/mol. The Hall–Kier alpha value is -0.160. The lowest BCUT2D eigenvalue weighted by molar-refractivity contribution is -0.273. The van der Waals surface area contributed by atoms with Crippen LogP contribution in [0.5, 0.6) is 0 Å². The fourth-order valence-corrected chi connectivity index (χ4v) is 1.83. The first-order chi connectivity index (χ1) is 5.81. The highest BCUT2D eigenvalue weighted by atomic mass is 16.7. The Labute approximate surface area is 72.4 Å². The van der Waals surface area contributed by atoms with Crippen LogP contribution in [0.1, 0.15) is 12.8 Å². The van der Waals surface area contributed by atoms with Crippen molar-refractivity contribution in [1.29, 1.82) is 0 Å². The molecule has 12 heavy (non-hydrogen) atoms. The molecule has 1 unspecified atom stereocenters. The molecule has 2 rings (SSSR count). The summed E-state index contributed by atoms with van der Waals surface area (Å²) < 4.78 is 11.2. The Morgan fingerprint density at radius 1 is 1.33 bits per heavy atom. The van der Waals surface area contributed by atoms with E-state index in [4.69, 9.17) is 15.2 Å². The third-order valence-electron chi connectivity index (χ3n) is 2.39. The Bertz CT molecular complexity index is 152. The van der Waals surface area contributed by atoms with E-state index in [2.05, 4.69) is 5.32 Å². The molecule has 0 saturated carbocycles. The van der Waals surface area contributed by atoms with Gasteiger partial charge in [0, 0.05) is 25.6 Å². The number of rotatable bonds is 0. The van der Waals surface area contributed by atoms with Gasteiger partial charge in [-0.25, -0.2) is 0 Å². The predicted octanol–water partition coefficient (Wildman–Crippen LogP) is -0.560. The minimum Gasteiger partial charge on any atom is -0.349 e. The first-order valence-corrected chi connectivity index (χ1v) is 4.55. The summed E-state index contributed by atoms with van der Waals surface area (Å²) in [4.78, 5) is 0. The minimum absolute atomic E-state index is 0.164. The largest absolute Gasteiger partial charge is 0.349 e. The van der Waals surface area contributed by atoms with Crippen molar-refractivity contribution in [3.63, 3.8) is 0 Å². The van der Waals surface area contributed by atoms with Gasteiger partial charge in [0.2, 0.25) is 0 Å². The van der Waals surface area contributed by atoms with Gasteiger partial charge in [-0.05, 0) is 6.42 Å². The van der Waals surface area contributed by atoms with E-state index in [0.717, 1.165) is 39.1 Å². The van der Waals surface area contributed by atoms with Gasteiger partial charge in [0.1, 0.15) is 0 Å². The zero-order valence-electron chi connectivity index (χ0n) is 7.21. The van der Waals surface area contributed by atoms with Gasteiger partial charge in [0.25, 0.3) is 0 Å². The molecule has 2 heterocycles. The third-order valence-corrected chi connectivity index (χ3v) is 2.39. The second-order valence-electron chi connectivity index (χ2n) is 3.56. The van der Waals surface area contributed by atoms with Crippen LogP contribution in [0.2, 0.25) is 0 Å². The van der Waals surface area contributed by atoms with E-state index < -0.39 is 5.79 Å². The summed E-state index contributed by atoms with van der Waals surface area (Å²) in [6.45, 7) is 3.25. The average Bonchev–Trinajstić information content (AvgIpc) is 2.05. The normalized spacial score (nSPS) is 35.2. The Morgan fingerprint density at radius 3 is 2.75 bits per heavy atom. The molecule has 0 aromatic carbocycles. The number of ether oxygens (including phenoxy) is 2. The zero-order chi connectivity index (χ0) is 8.44. The second-order valence-corrected chi connectivity index (χ2v) is 3.56. The van der Waals surface area contributed by atoms with Crippen LogP contribution in [0, 0.1) is 0 Å². The second kappa shape index (κ2) is 3.30. The van der Waals surface area contributed by atoms with Gasteiger partial charge in [-0.3, -0.25) is 0 Å². The van der Waals surface area contributed by atoms with E-state index >= 15 is 0 Å². The number of piperidine rings is 1. The third kappa shape index (κ3) is 1.61. The van der Waals surface area contributed by atoms with Crippen LogP contribution in [0.3, 0.4) is 0 Å². The van der Waals surface area contributed by atoms with E-state index in [1.807, 2.05) is 0 Å². The average molecular weight is 172 g/mol. The molecule has 0 radical (unpaired) electrons. The predicted molar refractivity (Wildman–Crippen MR) is 44.7 cm³/mol. The molecular formula is C8H16N2O2. The summed E-state index contributed by atoms with van der Waals surface area (Å²) in [7, 11) is 0. The van der Waals surface area contributed by atoms with Crippen molar-refractivity contribution in [2.75, 3.05) is 26.3 Å². The summed E-state index contributed by atoms with van der Waals surface area (Å²) in [5.41, 5.74) is 5.82. The van der Waals surface area contributed by atoms with Gasteiger partial charge in [-0.2, -0.15) is 0 Å². The molecule has 2 fully saturated rings. The molecule has 0 aliphatic carbocycles. The van der Waals surface area contributed by atoms with Crippen LogP contribution in [0.15, 0.2) is 0 Å². The first kappa shape index (κ1) is 8.44. The topological polar surface area (TPSA) is 56.5 Å². The molecule has 4 heteroatoms. The number of nitrogens with two attached hydrogens (primary N) is 1. The highest BCUT2D eigenvalue weighted by Gasteiger charge is 2.38. The van der Waals surface area contributed by atoms with E-state index in [1.54, 1.807) is 0 Å². The lowest BCUT2D eigenvalue weighted by Gasteiger charge is -2.42. The number of hydrogen-bond acceptors (Lipinski definition) is 4. The SMILES string of the molecule is NC1CNCC2(C1)OCCCO2. The van der Waals surface area contributed by atoms with E-state index in [1.165, 1.54) is 0 Å². The van der Waals surface area contributed by atoms with Crippen molar-refractivity contribution in [1.82, 2.24) is 5.32 Å². The van der Waals surface area contributed by atoms with E-state index in [-0.39, 0.29) is 6.04 Å². The maximum atomic E-state index is 5.82. The fourth-order valence-electron chi connectivity index (χ4n) is 1.83. The molecule has 3 N–H and O–H groups in total. The van der Waals surface area contributed by atoms with Crippen LogP contribution in [0.4, 0.5) is 0 Å². The van der Waals surface area contributed by atoms with Crippen LogP contribution in [-0.2, 0) is 9.47 Å². The summed E-state index contributed by atoms with van der Waals surface area (Å²) in [6, 6.07) is 0.164. The Balaban J connectivity index is 1.97. The lowest BCUT2D eigenvalue weighted by atomic mass is 10.0. The standard InChI is InChI=1S/C8H16N2O2/c9-7-4-8(6-10-5-7)11-2-1-3-12-8/h7,10H,1-6,9H2. The number of hydrogen-bond donors (Lipinski definition) is 2. The molecule has 70 valence electrons. The summed E-state index contributed by atoms with van der Waals surface area (Å²) in [6.07, 6.45) is 1.82. The van der Waals surface area contributed by atoms with E-state index in [9.17, 15) is 0 Å². The molecule has 0 aromatic heterocycles. The smallest absolute Gasteiger partial charge is 0.182 e.